The van der Waals surface area contributed by atoms with E-state index in [0.29, 0.717) is 0 Å². The zero-order valence-electron chi connectivity index (χ0n) is 14.1. The first-order valence-electron chi connectivity index (χ1n) is 7.58. The Kier molecular flexibility index (Phi) is 6.22. The number of esters is 1. The molecule has 27 heavy (non-hydrogen) atoms. The molecule has 2 rings (SSSR count). The van der Waals surface area contributed by atoms with Crippen molar-refractivity contribution in [3.63, 3.8) is 0 Å². The highest BCUT2D eigenvalue weighted by molar-refractivity contribution is 6.04. The molecule has 1 aromatic carbocycles. The van der Waals surface area contributed by atoms with E-state index in [1.165, 1.54) is 16.7 Å². The van der Waals surface area contributed by atoms with Crippen molar-refractivity contribution in [3.8, 4) is 5.75 Å². The molecule has 144 valence electrons. The SMILES string of the molecule is Cn1cccc1C(=O)NC(=O)COC(=O)COc1cccc(C(F)(F)F)c1. The number of halogens is 3. The van der Waals surface area contributed by atoms with Gasteiger partial charge in [-0.2, -0.15) is 13.2 Å². The van der Waals surface area contributed by atoms with Crippen LogP contribution in [0, 0.1) is 0 Å². The van der Waals surface area contributed by atoms with E-state index in [1.807, 2.05) is 5.32 Å². The molecule has 7 nitrogen and oxygen atoms in total. The molecule has 2 aromatic rings. The number of rotatable bonds is 6. The molecule has 1 N–H and O–H groups in total. The van der Waals surface area contributed by atoms with Gasteiger partial charge in [-0.05, 0) is 30.3 Å². The summed E-state index contributed by atoms with van der Waals surface area (Å²) in [6.45, 7) is -1.43. The van der Waals surface area contributed by atoms with Crippen LogP contribution in [0.1, 0.15) is 16.1 Å². The third-order valence-corrected chi connectivity index (χ3v) is 3.31. The van der Waals surface area contributed by atoms with Crippen LogP contribution in [0.25, 0.3) is 0 Å². The number of nitrogens with zero attached hydrogens (tertiary/aromatic N) is 1. The number of aromatic nitrogens is 1. The van der Waals surface area contributed by atoms with Crippen molar-refractivity contribution >= 4 is 17.8 Å². The Balaban J connectivity index is 1.77. The fourth-order valence-electron chi connectivity index (χ4n) is 2.02. The number of benzene rings is 1. The fourth-order valence-corrected chi connectivity index (χ4v) is 2.02. The van der Waals surface area contributed by atoms with Gasteiger partial charge in [0.05, 0.1) is 5.56 Å². The smallest absolute Gasteiger partial charge is 0.416 e. The predicted molar refractivity (Wildman–Crippen MR) is 85.8 cm³/mol. The van der Waals surface area contributed by atoms with Crippen LogP contribution in [0.4, 0.5) is 13.2 Å². The molecule has 0 aliphatic rings. The Morgan fingerprint density at radius 3 is 2.48 bits per heavy atom. The van der Waals surface area contributed by atoms with Crippen molar-refractivity contribution in [1.82, 2.24) is 9.88 Å². The van der Waals surface area contributed by atoms with Crippen LogP contribution in [0.15, 0.2) is 42.6 Å². The van der Waals surface area contributed by atoms with E-state index in [9.17, 15) is 27.6 Å². The van der Waals surface area contributed by atoms with Gasteiger partial charge >= 0.3 is 12.1 Å². The Morgan fingerprint density at radius 2 is 1.85 bits per heavy atom. The second-order valence-electron chi connectivity index (χ2n) is 5.36. The first-order chi connectivity index (χ1) is 12.7. The van der Waals surface area contributed by atoms with E-state index >= 15 is 0 Å². The molecule has 2 amide bonds. The van der Waals surface area contributed by atoms with Gasteiger partial charge in [0.2, 0.25) is 0 Å². The van der Waals surface area contributed by atoms with E-state index in [4.69, 9.17) is 4.74 Å². The molecule has 0 aliphatic carbocycles. The topological polar surface area (TPSA) is 86.6 Å². The van der Waals surface area contributed by atoms with Crippen molar-refractivity contribution in [3.05, 3.63) is 53.9 Å². The molecule has 0 aliphatic heterocycles. The number of carbonyl (C=O) groups is 3. The molecule has 10 heteroatoms. The molecular weight excluding hydrogens is 369 g/mol. The van der Waals surface area contributed by atoms with Crippen LogP contribution in [0.2, 0.25) is 0 Å². The van der Waals surface area contributed by atoms with E-state index in [2.05, 4.69) is 4.74 Å². The number of hydrogen-bond donors (Lipinski definition) is 1. The number of ether oxygens (including phenoxy) is 2. The zero-order chi connectivity index (χ0) is 20.0. The lowest BCUT2D eigenvalue weighted by molar-refractivity contribution is -0.150. The van der Waals surface area contributed by atoms with Crippen LogP contribution in [-0.4, -0.2) is 35.6 Å². The molecule has 0 fully saturated rings. The second kappa shape index (κ2) is 8.39. The van der Waals surface area contributed by atoms with Gasteiger partial charge in [-0.15, -0.1) is 0 Å². The van der Waals surface area contributed by atoms with Crippen LogP contribution in [-0.2, 0) is 27.5 Å². The maximum atomic E-state index is 12.6. The number of imide groups is 1. The van der Waals surface area contributed by atoms with E-state index in [-0.39, 0.29) is 11.4 Å². The van der Waals surface area contributed by atoms with E-state index in [1.54, 1.807) is 19.3 Å². The highest BCUT2D eigenvalue weighted by Crippen LogP contribution is 2.31. The maximum Gasteiger partial charge on any atom is 0.416 e. The summed E-state index contributed by atoms with van der Waals surface area (Å²) in [6, 6.07) is 7.08. The maximum absolute atomic E-state index is 12.6. The number of carbonyl (C=O) groups excluding carboxylic acids is 3. The Labute approximate surface area is 151 Å². The van der Waals surface area contributed by atoms with E-state index in [0.717, 1.165) is 18.2 Å². The largest absolute Gasteiger partial charge is 0.482 e. The second-order valence-corrected chi connectivity index (χ2v) is 5.36. The molecule has 1 heterocycles. The summed E-state index contributed by atoms with van der Waals surface area (Å²) in [5.74, 6) is -2.67. The average Bonchev–Trinajstić information content (AvgIpc) is 3.04. The summed E-state index contributed by atoms with van der Waals surface area (Å²) in [7, 11) is 1.62. The van der Waals surface area contributed by atoms with Gasteiger partial charge in [-0.1, -0.05) is 6.07 Å². The summed E-state index contributed by atoms with van der Waals surface area (Å²) in [4.78, 5) is 34.9. The number of hydrogen-bond acceptors (Lipinski definition) is 5. The van der Waals surface area contributed by atoms with Crippen molar-refractivity contribution in [2.45, 2.75) is 6.18 Å². The first-order valence-corrected chi connectivity index (χ1v) is 7.58. The fraction of sp³-hybridized carbons (Fsp3) is 0.235. The Hall–Kier alpha value is -3.30. The van der Waals surface area contributed by atoms with Crippen molar-refractivity contribution in [2.24, 2.45) is 7.05 Å². The standard InChI is InChI=1S/C17H15F3N2O5/c1-22-7-3-6-13(22)16(25)21-14(23)9-27-15(24)10-26-12-5-2-4-11(8-12)17(18,19)20/h2-8H,9-10H2,1H3,(H,21,23,25). The van der Waals surface area contributed by atoms with Crippen LogP contribution >= 0.6 is 0 Å². The van der Waals surface area contributed by atoms with Crippen molar-refractivity contribution in [1.29, 1.82) is 0 Å². The van der Waals surface area contributed by atoms with Gasteiger partial charge in [-0.3, -0.25) is 14.9 Å². The summed E-state index contributed by atoms with van der Waals surface area (Å²) < 4.78 is 48.8. The lowest BCUT2D eigenvalue weighted by Gasteiger charge is -2.10. The predicted octanol–water partition coefficient (Wildman–Crippen LogP) is 1.92. The molecule has 0 unspecified atom stereocenters. The molecule has 0 spiro atoms. The summed E-state index contributed by atoms with van der Waals surface area (Å²) >= 11 is 0. The van der Waals surface area contributed by atoms with Crippen LogP contribution in [0.5, 0.6) is 5.75 Å². The molecule has 0 bridgehead atoms. The Bertz CT molecular complexity index is 845. The number of aryl methyl sites for hydroxylation is 1. The van der Waals surface area contributed by atoms with Gasteiger partial charge in [-0.25, -0.2) is 4.79 Å². The van der Waals surface area contributed by atoms with Gasteiger partial charge in [0, 0.05) is 13.2 Å². The molecule has 0 saturated carbocycles. The summed E-state index contributed by atoms with van der Waals surface area (Å²) in [5, 5.41) is 2.03. The highest BCUT2D eigenvalue weighted by atomic mass is 19.4. The number of amides is 2. The molecule has 1 aromatic heterocycles. The molecule has 0 saturated heterocycles. The number of alkyl halides is 3. The van der Waals surface area contributed by atoms with E-state index < -0.39 is 42.7 Å². The number of nitrogens with one attached hydrogen (secondary N) is 1. The normalized spacial score (nSPS) is 11.0. The summed E-state index contributed by atoms with van der Waals surface area (Å²) in [6.07, 6.45) is -2.92. The van der Waals surface area contributed by atoms with Crippen LogP contribution < -0.4 is 10.1 Å². The average molecular weight is 384 g/mol. The third-order valence-electron chi connectivity index (χ3n) is 3.31. The van der Waals surface area contributed by atoms with Crippen LogP contribution in [0.3, 0.4) is 0 Å². The van der Waals surface area contributed by atoms with Gasteiger partial charge in [0.25, 0.3) is 11.8 Å². The molecule has 0 radical (unpaired) electrons. The lowest BCUT2D eigenvalue weighted by atomic mass is 10.2. The molecular formula is C17H15F3N2O5. The first kappa shape index (κ1) is 20.0. The quantitative estimate of drug-likeness (QED) is 0.769. The lowest BCUT2D eigenvalue weighted by Crippen LogP contribution is -2.35. The zero-order valence-corrected chi connectivity index (χ0v) is 14.1. The molecule has 0 atom stereocenters. The monoisotopic (exact) mass is 384 g/mol. The highest BCUT2D eigenvalue weighted by Gasteiger charge is 2.30. The minimum absolute atomic E-state index is 0.176. The summed E-state index contributed by atoms with van der Waals surface area (Å²) in [5.41, 5.74) is -0.686. The van der Waals surface area contributed by atoms with Gasteiger partial charge < -0.3 is 14.0 Å². The minimum atomic E-state index is -4.54. The third kappa shape index (κ3) is 5.87. The Morgan fingerprint density at radius 1 is 1.11 bits per heavy atom. The van der Waals surface area contributed by atoms with Gasteiger partial charge in [0.1, 0.15) is 11.4 Å². The van der Waals surface area contributed by atoms with Gasteiger partial charge in [0.15, 0.2) is 13.2 Å². The van der Waals surface area contributed by atoms with Crippen molar-refractivity contribution < 1.29 is 37.0 Å². The minimum Gasteiger partial charge on any atom is -0.482 e. The van der Waals surface area contributed by atoms with Crippen molar-refractivity contribution in [2.75, 3.05) is 13.2 Å².